The molecule has 2 aliphatic heterocycles. The Balaban J connectivity index is 1.36. The number of nitrogens with zero attached hydrogens (tertiary/aromatic N) is 6. The summed E-state index contributed by atoms with van der Waals surface area (Å²) in [7, 11) is 0. The zero-order valence-electron chi connectivity index (χ0n) is 18.4. The minimum atomic E-state index is 0.0461. The van der Waals surface area contributed by atoms with E-state index in [-0.39, 0.29) is 17.6 Å². The number of carbonyl (C=O) groups is 2. The molecule has 5 rings (SSSR count). The van der Waals surface area contributed by atoms with E-state index in [9.17, 15) is 9.59 Å². The van der Waals surface area contributed by atoms with Gasteiger partial charge in [0.15, 0.2) is 11.0 Å². The van der Waals surface area contributed by atoms with Gasteiger partial charge in [0.25, 0.3) is 0 Å². The smallest absolute Gasteiger partial charge is 0.237 e. The maximum atomic E-state index is 13.0. The molecule has 2 aliphatic rings. The van der Waals surface area contributed by atoms with Crippen molar-refractivity contribution in [1.82, 2.24) is 24.6 Å². The molecule has 3 aromatic rings. The van der Waals surface area contributed by atoms with Crippen molar-refractivity contribution in [3.63, 3.8) is 0 Å². The van der Waals surface area contributed by atoms with Crippen LogP contribution in [0.3, 0.4) is 0 Å². The van der Waals surface area contributed by atoms with Gasteiger partial charge < -0.3 is 9.80 Å². The van der Waals surface area contributed by atoms with Gasteiger partial charge in [0.05, 0.1) is 12.3 Å². The van der Waals surface area contributed by atoms with Crippen molar-refractivity contribution in [2.45, 2.75) is 43.8 Å². The molecule has 9 heteroatoms. The number of aromatic nitrogens is 4. The standard InChI is InChI=1S/C24H26N6O2S/c31-22-11-2-1-7-14-28(22)16-21-26-27-24(30(21)20-10-5-6-13-25-20)33-17-23(32)29-15-12-18-8-3-4-9-19(18)29/h3-6,8-10,13H,1-2,7,11-12,14-17H2. The SMILES string of the molecule is O=C1CCCCCN1Cc1nnc(SCC(=O)N2CCc3ccccc32)n1-c1ccccn1. The number of carbonyl (C=O) groups excluding carboxylic acids is 2. The fraction of sp³-hybridized carbons (Fsp3) is 0.375. The summed E-state index contributed by atoms with van der Waals surface area (Å²) in [6.07, 6.45) is 6.17. The van der Waals surface area contributed by atoms with Crippen molar-refractivity contribution in [2.24, 2.45) is 0 Å². The van der Waals surface area contributed by atoms with Gasteiger partial charge in [-0.05, 0) is 43.0 Å². The predicted molar refractivity (Wildman–Crippen MR) is 126 cm³/mol. The zero-order chi connectivity index (χ0) is 22.6. The van der Waals surface area contributed by atoms with Gasteiger partial charge in [-0.3, -0.25) is 14.2 Å². The number of rotatable bonds is 6. The summed E-state index contributed by atoms with van der Waals surface area (Å²) < 4.78 is 1.87. The maximum Gasteiger partial charge on any atom is 0.237 e. The first-order chi connectivity index (χ1) is 16.2. The maximum absolute atomic E-state index is 13.0. The lowest BCUT2D eigenvalue weighted by molar-refractivity contribution is -0.131. The van der Waals surface area contributed by atoms with Gasteiger partial charge in [-0.15, -0.1) is 10.2 Å². The molecule has 0 aliphatic carbocycles. The molecule has 4 heterocycles. The number of anilines is 1. The highest BCUT2D eigenvalue weighted by molar-refractivity contribution is 7.99. The first-order valence-corrected chi connectivity index (χ1v) is 12.3. The molecule has 170 valence electrons. The van der Waals surface area contributed by atoms with Crippen molar-refractivity contribution in [2.75, 3.05) is 23.7 Å². The second-order valence-electron chi connectivity index (χ2n) is 8.26. The van der Waals surface area contributed by atoms with E-state index in [1.165, 1.54) is 17.3 Å². The Morgan fingerprint density at radius 1 is 0.970 bits per heavy atom. The third-order valence-corrected chi connectivity index (χ3v) is 7.01. The molecule has 0 atom stereocenters. The van der Waals surface area contributed by atoms with E-state index in [4.69, 9.17) is 0 Å². The number of amides is 2. The number of hydrogen-bond acceptors (Lipinski definition) is 6. The Kier molecular flexibility index (Phi) is 6.39. The summed E-state index contributed by atoms with van der Waals surface area (Å²) in [5, 5.41) is 9.38. The second kappa shape index (κ2) is 9.74. The second-order valence-corrected chi connectivity index (χ2v) is 9.20. The number of pyridine rings is 1. The van der Waals surface area contributed by atoms with Gasteiger partial charge in [0.2, 0.25) is 11.8 Å². The lowest BCUT2D eigenvalue weighted by Crippen LogP contribution is -2.31. The molecule has 1 saturated heterocycles. The Bertz CT molecular complexity index is 1150. The molecule has 33 heavy (non-hydrogen) atoms. The van der Waals surface area contributed by atoms with Gasteiger partial charge in [-0.25, -0.2) is 4.98 Å². The van der Waals surface area contributed by atoms with E-state index in [1.54, 1.807) is 6.20 Å². The Labute approximate surface area is 197 Å². The van der Waals surface area contributed by atoms with Crippen LogP contribution in [-0.2, 0) is 22.6 Å². The molecule has 0 radical (unpaired) electrons. The molecule has 0 spiro atoms. The zero-order valence-corrected chi connectivity index (χ0v) is 19.2. The van der Waals surface area contributed by atoms with Gasteiger partial charge >= 0.3 is 0 Å². The van der Waals surface area contributed by atoms with Crippen molar-refractivity contribution in [3.8, 4) is 5.82 Å². The third kappa shape index (κ3) is 4.64. The molecular formula is C24H26N6O2S. The topological polar surface area (TPSA) is 84.2 Å². The Morgan fingerprint density at radius 3 is 2.73 bits per heavy atom. The van der Waals surface area contributed by atoms with Crippen LogP contribution in [0, 0.1) is 0 Å². The molecule has 1 aromatic carbocycles. The van der Waals surface area contributed by atoms with E-state index in [0.717, 1.165) is 37.9 Å². The summed E-state index contributed by atoms with van der Waals surface area (Å²) >= 11 is 1.35. The molecule has 0 N–H and O–H groups in total. The average molecular weight is 463 g/mol. The van der Waals surface area contributed by atoms with Crippen molar-refractivity contribution in [3.05, 3.63) is 60.0 Å². The van der Waals surface area contributed by atoms with Gasteiger partial charge in [-0.1, -0.05) is 42.4 Å². The summed E-state index contributed by atoms with van der Waals surface area (Å²) in [6, 6.07) is 13.7. The van der Waals surface area contributed by atoms with Crippen LogP contribution in [0.4, 0.5) is 5.69 Å². The van der Waals surface area contributed by atoms with Crippen LogP contribution in [0.5, 0.6) is 0 Å². The molecule has 1 fully saturated rings. The fourth-order valence-electron chi connectivity index (χ4n) is 4.39. The quantitative estimate of drug-likeness (QED) is 0.523. The van der Waals surface area contributed by atoms with Crippen LogP contribution in [0.25, 0.3) is 5.82 Å². The molecule has 0 unspecified atom stereocenters. The van der Waals surface area contributed by atoms with Crippen LogP contribution in [0.1, 0.15) is 37.1 Å². The number of hydrogen-bond donors (Lipinski definition) is 0. The van der Waals surface area contributed by atoms with Crippen molar-refractivity contribution < 1.29 is 9.59 Å². The predicted octanol–water partition coefficient (Wildman–Crippen LogP) is 3.25. The number of thioether (sulfide) groups is 1. The molecular weight excluding hydrogens is 436 g/mol. The van der Waals surface area contributed by atoms with Crippen LogP contribution in [0.15, 0.2) is 53.8 Å². The van der Waals surface area contributed by atoms with Crippen molar-refractivity contribution in [1.29, 1.82) is 0 Å². The summed E-state index contributed by atoms with van der Waals surface area (Å²) in [5.74, 6) is 1.79. The number of para-hydroxylation sites is 1. The lowest BCUT2D eigenvalue weighted by Gasteiger charge is -2.20. The average Bonchev–Trinajstić information content (AvgIpc) is 3.40. The lowest BCUT2D eigenvalue weighted by atomic mass is 10.2. The monoisotopic (exact) mass is 462 g/mol. The fourth-order valence-corrected chi connectivity index (χ4v) is 5.23. The van der Waals surface area contributed by atoms with Crippen molar-refractivity contribution >= 4 is 29.3 Å². The largest absolute Gasteiger partial charge is 0.335 e. The number of benzene rings is 1. The minimum Gasteiger partial charge on any atom is -0.335 e. The molecule has 0 bridgehead atoms. The first kappa shape index (κ1) is 21.6. The van der Waals surface area contributed by atoms with Gasteiger partial charge in [-0.2, -0.15) is 0 Å². The highest BCUT2D eigenvalue weighted by Crippen LogP contribution is 2.29. The van der Waals surface area contributed by atoms with Crippen LogP contribution >= 0.6 is 11.8 Å². The number of likely N-dealkylation sites (tertiary alicyclic amines) is 1. The molecule has 8 nitrogen and oxygen atoms in total. The molecule has 2 amide bonds. The Morgan fingerprint density at radius 2 is 1.85 bits per heavy atom. The summed E-state index contributed by atoms with van der Waals surface area (Å²) in [4.78, 5) is 33.7. The normalized spacial score (nSPS) is 16.1. The minimum absolute atomic E-state index is 0.0461. The highest BCUT2D eigenvalue weighted by Gasteiger charge is 2.26. The van der Waals surface area contributed by atoms with E-state index < -0.39 is 0 Å². The molecule has 0 saturated carbocycles. The van der Waals surface area contributed by atoms with E-state index in [0.29, 0.717) is 36.3 Å². The van der Waals surface area contributed by atoms with E-state index in [1.807, 2.05) is 50.8 Å². The van der Waals surface area contributed by atoms with Crippen LogP contribution < -0.4 is 4.90 Å². The highest BCUT2D eigenvalue weighted by atomic mass is 32.2. The molecule has 2 aromatic heterocycles. The third-order valence-electron chi connectivity index (χ3n) is 6.10. The summed E-state index contributed by atoms with van der Waals surface area (Å²) in [5.41, 5.74) is 2.20. The van der Waals surface area contributed by atoms with Gasteiger partial charge in [0, 0.05) is 31.4 Å². The number of fused-ring (bicyclic) bond motifs is 1. The first-order valence-electron chi connectivity index (χ1n) is 11.4. The Hall–Kier alpha value is -3.20. The van der Waals surface area contributed by atoms with E-state index in [2.05, 4.69) is 21.2 Å². The van der Waals surface area contributed by atoms with Crippen LogP contribution in [-0.4, -0.2) is 55.3 Å². The van der Waals surface area contributed by atoms with Crippen LogP contribution in [0.2, 0.25) is 0 Å². The summed E-state index contributed by atoms with van der Waals surface area (Å²) in [6.45, 7) is 1.81. The van der Waals surface area contributed by atoms with Gasteiger partial charge in [0.1, 0.15) is 5.82 Å². The van der Waals surface area contributed by atoms with E-state index >= 15 is 0 Å².